The Bertz CT molecular complexity index is 1080. The molecule has 0 bridgehead atoms. The van der Waals surface area contributed by atoms with Gasteiger partial charge in [0.25, 0.3) is 0 Å². The number of amides is 1. The number of nitrogens with zero attached hydrogens (tertiary/aromatic N) is 2. The molecule has 2 aromatic carbocycles. The van der Waals surface area contributed by atoms with Gasteiger partial charge >= 0.3 is 5.97 Å². The normalized spacial score (nSPS) is 18.3. The first kappa shape index (κ1) is 20.0. The number of hydrogen-bond donors (Lipinski definition) is 2. The van der Waals surface area contributed by atoms with Crippen LogP contribution in [0.25, 0.3) is 10.9 Å². The number of carboxylic acids is 1. The second kappa shape index (κ2) is 7.86. The zero-order valence-corrected chi connectivity index (χ0v) is 17.6. The van der Waals surface area contributed by atoms with E-state index in [0.29, 0.717) is 6.42 Å². The molecule has 30 heavy (non-hydrogen) atoms. The number of rotatable bonds is 5. The molecule has 2 heterocycles. The van der Waals surface area contributed by atoms with E-state index in [4.69, 9.17) is 0 Å². The summed E-state index contributed by atoms with van der Waals surface area (Å²) in [7, 11) is 0. The van der Waals surface area contributed by atoms with Gasteiger partial charge in [-0.05, 0) is 43.2 Å². The van der Waals surface area contributed by atoms with Crippen molar-refractivity contribution in [2.75, 3.05) is 18.0 Å². The lowest BCUT2D eigenvalue weighted by molar-refractivity contribution is -0.151. The van der Waals surface area contributed by atoms with Gasteiger partial charge < -0.3 is 19.9 Å². The third kappa shape index (κ3) is 3.22. The van der Waals surface area contributed by atoms with Crippen molar-refractivity contribution in [3.63, 3.8) is 0 Å². The third-order valence-electron chi connectivity index (χ3n) is 6.12. The maximum absolute atomic E-state index is 12.6. The second-order valence-corrected chi connectivity index (χ2v) is 7.71. The van der Waals surface area contributed by atoms with E-state index in [1.54, 1.807) is 0 Å². The number of carboxylic acid groups (broad SMARTS) is 1. The van der Waals surface area contributed by atoms with Gasteiger partial charge in [-0.25, -0.2) is 4.79 Å². The van der Waals surface area contributed by atoms with Crippen molar-refractivity contribution in [3.8, 4) is 0 Å². The van der Waals surface area contributed by atoms with Gasteiger partial charge in [0.1, 0.15) is 6.04 Å². The number of benzene rings is 2. The van der Waals surface area contributed by atoms with E-state index < -0.39 is 18.1 Å². The standard InChI is InChI=1S/C24H27N3O3/c1-4-26(5-2)17-12-10-16(11-13-17)23-22-19(18-8-6-7-9-20(18)25-22)14-21(24(29)30)27(23)15(3)28/h6-13,21,23,25H,4-5,14H2,1-3H3,(H,29,30). The van der Waals surface area contributed by atoms with Crippen molar-refractivity contribution < 1.29 is 14.7 Å². The van der Waals surface area contributed by atoms with Gasteiger partial charge in [-0.15, -0.1) is 0 Å². The lowest BCUT2D eigenvalue weighted by Crippen LogP contribution is -2.50. The fourth-order valence-corrected chi connectivity index (χ4v) is 4.68. The molecular weight excluding hydrogens is 378 g/mol. The Balaban J connectivity index is 1.88. The molecule has 2 unspecified atom stereocenters. The summed E-state index contributed by atoms with van der Waals surface area (Å²) in [4.78, 5) is 32.0. The summed E-state index contributed by atoms with van der Waals surface area (Å²) in [6.45, 7) is 7.49. The van der Waals surface area contributed by atoms with Gasteiger partial charge in [0, 0.05) is 48.7 Å². The molecule has 3 aromatic rings. The summed E-state index contributed by atoms with van der Waals surface area (Å²) < 4.78 is 0. The van der Waals surface area contributed by atoms with Crippen LogP contribution >= 0.6 is 0 Å². The number of hydrogen-bond acceptors (Lipinski definition) is 3. The topological polar surface area (TPSA) is 76.6 Å². The number of aromatic amines is 1. The molecule has 1 aromatic heterocycles. The number of fused-ring (bicyclic) bond motifs is 3. The monoisotopic (exact) mass is 405 g/mol. The predicted octanol–water partition coefficient (Wildman–Crippen LogP) is 3.96. The number of aliphatic carboxylic acids is 1. The molecule has 4 rings (SSSR count). The van der Waals surface area contributed by atoms with E-state index >= 15 is 0 Å². The van der Waals surface area contributed by atoms with Crippen molar-refractivity contribution in [1.29, 1.82) is 0 Å². The van der Waals surface area contributed by atoms with Gasteiger partial charge in [-0.1, -0.05) is 30.3 Å². The summed E-state index contributed by atoms with van der Waals surface area (Å²) >= 11 is 0. The number of carbonyl (C=O) groups excluding carboxylic acids is 1. The quantitative estimate of drug-likeness (QED) is 0.674. The number of anilines is 1. The summed E-state index contributed by atoms with van der Waals surface area (Å²) in [5.74, 6) is -1.23. The van der Waals surface area contributed by atoms with Crippen molar-refractivity contribution in [1.82, 2.24) is 9.88 Å². The highest BCUT2D eigenvalue weighted by Gasteiger charge is 2.42. The van der Waals surface area contributed by atoms with Crippen molar-refractivity contribution in [2.45, 2.75) is 39.3 Å². The van der Waals surface area contributed by atoms with Gasteiger partial charge in [0.05, 0.1) is 6.04 Å². The molecule has 2 atom stereocenters. The first-order chi connectivity index (χ1) is 14.5. The zero-order valence-electron chi connectivity index (χ0n) is 17.6. The third-order valence-corrected chi connectivity index (χ3v) is 6.12. The maximum Gasteiger partial charge on any atom is 0.326 e. The van der Waals surface area contributed by atoms with Crippen molar-refractivity contribution in [2.24, 2.45) is 0 Å². The maximum atomic E-state index is 12.6. The van der Waals surface area contributed by atoms with Crippen LogP contribution in [0, 0.1) is 0 Å². The molecule has 6 heteroatoms. The van der Waals surface area contributed by atoms with Crippen LogP contribution in [0.2, 0.25) is 0 Å². The molecule has 2 N–H and O–H groups in total. The lowest BCUT2D eigenvalue weighted by atomic mass is 9.88. The molecule has 0 radical (unpaired) electrons. The van der Waals surface area contributed by atoms with E-state index in [9.17, 15) is 14.7 Å². The summed E-state index contributed by atoms with van der Waals surface area (Å²) in [6, 6.07) is 14.7. The van der Waals surface area contributed by atoms with E-state index in [1.807, 2.05) is 48.5 Å². The Kier molecular flexibility index (Phi) is 5.24. The fraction of sp³-hybridized carbons (Fsp3) is 0.333. The molecule has 1 amide bonds. The highest BCUT2D eigenvalue weighted by molar-refractivity contribution is 5.90. The summed E-state index contributed by atoms with van der Waals surface area (Å²) in [5, 5.41) is 10.9. The molecule has 1 aliphatic rings. The summed E-state index contributed by atoms with van der Waals surface area (Å²) in [6.07, 6.45) is 0.294. The first-order valence-electron chi connectivity index (χ1n) is 10.4. The SMILES string of the molecule is CCN(CC)c1ccc(C2c3[nH]c4ccccc4c3CC(C(=O)O)N2C(C)=O)cc1. The van der Waals surface area contributed by atoms with Crippen molar-refractivity contribution >= 4 is 28.5 Å². The number of H-pyrrole nitrogens is 1. The second-order valence-electron chi connectivity index (χ2n) is 7.71. The largest absolute Gasteiger partial charge is 0.480 e. The number of aromatic nitrogens is 1. The Morgan fingerprint density at radius 3 is 2.37 bits per heavy atom. The number of nitrogens with one attached hydrogen (secondary N) is 1. The first-order valence-corrected chi connectivity index (χ1v) is 10.4. The Hall–Kier alpha value is -3.28. The highest BCUT2D eigenvalue weighted by Crippen LogP contribution is 2.41. The molecule has 156 valence electrons. The van der Waals surface area contributed by atoms with Crippen LogP contribution < -0.4 is 4.90 Å². The average molecular weight is 405 g/mol. The molecule has 0 spiro atoms. The minimum absolute atomic E-state index is 0.246. The number of para-hydroxylation sites is 1. The van der Waals surface area contributed by atoms with E-state index in [-0.39, 0.29) is 5.91 Å². The number of carbonyl (C=O) groups is 2. The Labute approximate surface area is 176 Å². The molecule has 0 aliphatic carbocycles. The fourth-order valence-electron chi connectivity index (χ4n) is 4.68. The Morgan fingerprint density at radius 2 is 1.77 bits per heavy atom. The predicted molar refractivity (Wildman–Crippen MR) is 118 cm³/mol. The molecule has 1 aliphatic heterocycles. The Morgan fingerprint density at radius 1 is 1.10 bits per heavy atom. The zero-order chi connectivity index (χ0) is 21.4. The average Bonchev–Trinajstić information content (AvgIpc) is 3.12. The highest BCUT2D eigenvalue weighted by atomic mass is 16.4. The van der Waals surface area contributed by atoms with Crippen LogP contribution in [-0.2, 0) is 16.0 Å². The van der Waals surface area contributed by atoms with E-state index in [2.05, 4.69) is 23.7 Å². The van der Waals surface area contributed by atoms with Crippen LogP contribution in [0.3, 0.4) is 0 Å². The van der Waals surface area contributed by atoms with Gasteiger partial charge in [0.2, 0.25) is 5.91 Å². The summed E-state index contributed by atoms with van der Waals surface area (Å²) in [5.41, 5.74) is 4.86. The van der Waals surface area contributed by atoms with Gasteiger partial charge in [0.15, 0.2) is 0 Å². The molecule has 0 saturated heterocycles. The van der Waals surface area contributed by atoms with Crippen LogP contribution in [0.1, 0.15) is 43.6 Å². The van der Waals surface area contributed by atoms with Crippen LogP contribution in [0.15, 0.2) is 48.5 Å². The minimum atomic E-state index is -0.981. The van der Waals surface area contributed by atoms with E-state index in [0.717, 1.165) is 46.5 Å². The molecule has 0 fully saturated rings. The smallest absolute Gasteiger partial charge is 0.326 e. The molecular formula is C24H27N3O3. The molecule has 6 nitrogen and oxygen atoms in total. The van der Waals surface area contributed by atoms with Crippen molar-refractivity contribution in [3.05, 3.63) is 65.4 Å². The molecule has 0 saturated carbocycles. The van der Waals surface area contributed by atoms with Crippen LogP contribution in [0.5, 0.6) is 0 Å². The minimum Gasteiger partial charge on any atom is -0.480 e. The van der Waals surface area contributed by atoms with Gasteiger partial charge in [-0.2, -0.15) is 0 Å². The van der Waals surface area contributed by atoms with Crippen LogP contribution in [0.4, 0.5) is 5.69 Å². The van der Waals surface area contributed by atoms with Gasteiger partial charge in [-0.3, -0.25) is 4.79 Å². The van der Waals surface area contributed by atoms with E-state index in [1.165, 1.54) is 11.8 Å². The van der Waals surface area contributed by atoms with Crippen LogP contribution in [-0.4, -0.2) is 46.0 Å². The lowest BCUT2D eigenvalue weighted by Gasteiger charge is -2.40.